The standard InChI is InChI=1S/C27H39N7O3S/c1-16(2)15-38(35,36)26-22(14-34(5)33-26)31-23-8-11-30-27(28,32-23)21-12-17(3)24(19-6-9-29-10-7-19)20-13-18(4)37-25(20)21/h8,11-12,14,16,18-19,29,31-32H,6-7,9-10,13,15,28H2,1-5H3. The van der Waals surface area contributed by atoms with Gasteiger partial charge in [-0.05, 0) is 74.9 Å². The molecular formula is C27H39N7O3S. The third-order valence-corrected chi connectivity index (χ3v) is 9.35. The van der Waals surface area contributed by atoms with Gasteiger partial charge in [-0.1, -0.05) is 13.8 Å². The molecular weight excluding hydrogens is 502 g/mol. The number of benzene rings is 1. The number of sulfone groups is 1. The van der Waals surface area contributed by atoms with E-state index in [0.717, 1.165) is 43.7 Å². The molecule has 3 aliphatic rings. The predicted octanol–water partition coefficient (Wildman–Crippen LogP) is 2.65. The third kappa shape index (κ3) is 5.06. The van der Waals surface area contributed by atoms with Gasteiger partial charge in [-0.3, -0.25) is 10.4 Å². The number of aliphatic imine (C=N–C) groups is 1. The number of anilines is 1. The van der Waals surface area contributed by atoms with Crippen LogP contribution in [0.5, 0.6) is 5.75 Å². The number of nitrogens with one attached hydrogen (secondary N) is 3. The fourth-order valence-electron chi connectivity index (χ4n) is 5.88. The van der Waals surface area contributed by atoms with E-state index < -0.39 is 15.6 Å². The SMILES string of the molecule is Cc1cc(C2(N)N=CC=C(Nc3cn(C)nc3S(=O)(=O)CC(C)C)N2)c2c(c1C1CCNCC1)CC(C)O2. The van der Waals surface area contributed by atoms with E-state index in [0.29, 0.717) is 17.4 Å². The molecule has 5 rings (SSSR count). The minimum Gasteiger partial charge on any atom is -0.490 e. The first-order valence-electron chi connectivity index (χ1n) is 13.4. The largest absolute Gasteiger partial charge is 0.490 e. The molecule has 4 heterocycles. The van der Waals surface area contributed by atoms with Crippen LogP contribution in [0.4, 0.5) is 5.69 Å². The lowest BCUT2D eigenvalue weighted by Crippen LogP contribution is -2.51. The zero-order chi connectivity index (χ0) is 27.2. The molecule has 0 spiro atoms. The number of ether oxygens (including phenoxy) is 1. The Morgan fingerprint density at radius 1 is 1.32 bits per heavy atom. The van der Waals surface area contributed by atoms with E-state index in [9.17, 15) is 8.42 Å². The molecule has 2 unspecified atom stereocenters. The number of allylic oxidation sites excluding steroid dienone is 1. The van der Waals surface area contributed by atoms with Crippen LogP contribution in [-0.4, -0.2) is 49.4 Å². The van der Waals surface area contributed by atoms with Crippen molar-refractivity contribution in [2.24, 2.45) is 23.7 Å². The third-order valence-electron chi connectivity index (χ3n) is 7.35. The van der Waals surface area contributed by atoms with Crippen molar-refractivity contribution in [1.82, 2.24) is 20.4 Å². The Kier molecular flexibility index (Phi) is 7.04. The summed E-state index contributed by atoms with van der Waals surface area (Å²) in [5, 5.41) is 14.2. The average Bonchev–Trinajstić information content (AvgIpc) is 3.40. The number of nitrogens with zero attached hydrogens (tertiary/aromatic N) is 3. The average molecular weight is 542 g/mol. The Hall–Kier alpha value is -2.89. The Balaban J connectivity index is 1.47. The molecule has 0 bridgehead atoms. The molecule has 10 nitrogen and oxygen atoms in total. The molecule has 1 aromatic heterocycles. The van der Waals surface area contributed by atoms with Crippen molar-refractivity contribution in [2.45, 2.75) is 69.8 Å². The maximum absolute atomic E-state index is 13.0. The second-order valence-electron chi connectivity index (χ2n) is 11.2. The summed E-state index contributed by atoms with van der Waals surface area (Å²) in [7, 11) is -1.88. The number of hydrogen-bond acceptors (Lipinski definition) is 9. The lowest BCUT2D eigenvalue weighted by Gasteiger charge is -2.34. The van der Waals surface area contributed by atoms with E-state index in [4.69, 9.17) is 10.5 Å². The highest BCUT2D eigenvalue weighted by Gasteiger charge is 2.39. The first-order valence-corrected chi connectivity index (χ1v) is 15.0. The number of hydrogen-bond donors (Lipinski definition) is 4. The molecule has 1 aromatic carbocycles. The van der Waals surface area contributed by atoms with Crippen molar-refractivity contribution >= 4 is 21.7 Å². The van der Waals surface area contributed by atoms with E-state index in [-0.39, 0.29) is 22.8 Å². The van der Waals surface area contributed by atoms with Crippen molar-refractivity contribution in [3.05, 3.63) is 46.4 Å². The quantitative estimate of drug-likeness (QED) is 0.420. The fourth-order valence-corrected chi connectivity index (χ4v) is 7.60. The van der Waals surface area contributed by atoms with Crippen molar-refractivity contribution < 1.29 is 13.2 Å². The van der Waals surface area contributed by atoms with Gasteiger partial charge in [0.05, 0.1) is 17.0 Å². The zero-order valence-corrected chi connectivity index (χ0v) is 23.7. The summed E-state index contributed by atoms with van der Waals surface area (Å²) in [5.74, 6) is 0.534. The molecule has 5 N–H and O–H groups in total. The van der Waals surface area contributed by atoms with E-state index >= 15 is 0 Å². The minimum absolute atomic E-state index is 0.0117. The highest BCUT2D eigenvalue weighted by molar-refractivity contribution is 7.91. The second-order valence-corrected chi connectivity index (χ2v) is 13.1. The first-order chi connectivity index (χ1) is 18.0. The van der Waals surface area contributed by atoms with Gasteiger partial charge in [0, 0.05) is 31.4 Å². The number of aromatic nitrogens is 2. The van der Waals surface area contributed by atoms with Crippen molar-refractivity contribution in [1.29, 1.82) is 0 Å². The molecule has 0 saturated carbocycles. The molecule has 11 heteroatoms. The minimum atomic E-state index is -3.58. The fraction of sp³-hybridized carbons (Fsp3) is 0.556. The smallest absolute Gasteiger partial charge is 0.213 e. The topological polar surface area (TPSA) is 136 Å². The highest BCUT2D eigenvalue weighted by Crippen LogP contribution is 2.45. The molecule has 0 amide bonds. The van der Waals surface area contributed by atoms with Crippen LogP contribution >= 0.6 is 0 Å². The van der Waals surface area contributed by atoms with E-state index in [1.54, 1.807) is 25.5 Å². The van der Waals surface area contributed by atoms with Crippen LogP contribution in [0.1, 0.15) is 61.8 Å². The predicted molar refractivity (Wildman–Crippen MR) is 149 cm³/mol. The number of aryl methyl sites for hydroxylation is 2. The van der Waals surface area contributed by atoms with E-state index in [1.807, 2.05) is 13.8 Å². The van der Waals surface area contributed by atoms with E-state index in [2.05, 4.69) is 46.0 Å². The van der Waals surface area contributed by atoms with Crippen LogP contribution in [0.2, 0.25) is 0 Å². The summed E-state index contributed by atoms with van der Waals surface area (Å²) in [6.45, 7) is 10.0. The van der Waals surface area contributed by atoms with Crippen LogP contribution < -0.4 is 26.4 Å². The summed E-state index contributed by atoms with van der Waals surface area (Å²) in [6.07, 6.45) is 8.13. The molecule has 38 heavy (non-hydrogen) atoms. The summed E-state index contributed by atoms with van der Waals surface area (Å²) in [6, 6.07) is 2.10. The van der Waals surface area contributed by atoms with Gasteiger partial charge < -0.3 is 20.7 Å². The van der Waals surface area contributed by atoms with Crippen molar-refractivity contribution in [3.63, 3.8) is 0 Å². The van der Waals surface area contributed by atoms with Gasteiger partial charge in [0.1, 0.15) is 17.7 Å². The van der Waals surface area contributed by atoms with Gasteiger partial charge in [-0.2, -0.15) is 5.10 Å². The van der Waals surface area contributed by atoms with Crippen LogP contribution in [0.15, 0.2) is 34.2 Å². The van der Waals surface area contributed by atoms with Crippen LogP contribution in [0.3, 0.4) is 0 Å². The lowest BCUT2D eigenvalue weighted by molar-refractivity contribution is 0.245. The number of rotatable bonds is 7. The Bertz CT molecular complexity index is 1390. The van der Waals surface area contributed by atoms with Gasteiger partial charge in [0.15, 0.2) is 9.84 Å². The zero-order valence-electron chi connectivity index (χ0n) is 22.8. The van der Waals surface area contributed by atoms with Crippen LogP contribution in [0, 0.1) is 12.8 Å². The number of piperidine rings is 1. The summed E-state index contributed by atoms with van der Waals surface area (Å²) in [4.78, 5) is 4.62. The summed E-state index contributed by atoms with van der Waals surface area (Å²) >= 11 is 0. The maximum atomic E-state index is 13.0. The van der Waals surface area contributed by atoms with Gasteiger partial charge in [-0.25, -0.2) is 13.4 Å². The second kappa shape index (κ2) is 10.0. The summed E-state index contributed by atoms with van der Waals surface area (Å²) in [5.41, 5.74) is 11.9. The van der Waals surface area contributed by atoms with E-state index in [1.165, 1.54) is 21.4 Å². The Morgan fingerprint density at radius 2 is 2.05 bits per heavy atom. The normalized spacial score (nSPS) is 23.7. The monoisotopic (exact) mass is 541 g/mol. The van der Waals surface area contributed by atoms with Gasteiger partial charge in [-0.15, -0.1) is 0 Å². The Labute approximate surface area is 225 Å². The first kappa shape index (κ1) is 26.7. The van der Waals surface area contributed by atoms with Crippen molar-refractivity contribution in [3.8, 4) is 5.75 Å². The van der Waals surface area contributed by atoms with Crippen molar-refractivity contribution in [2.75, 3.05) is 24.2 Å². The van der Waals surface area contributed by atoms with Gasteiger partial charge in [0.25, 0.3) is 0 Å². The number of fused-ring (bicyclic) bond motifs is 1. The lowest BCUT2D eigenvalue weighted by atomic mass is 9.81. The Morgan fingerprint density at radius 3 is 2.76 bits per heavy atom. The molecule has 0 radical (unpaired) electrons. The molecule has 1 saturated heterocycles. The molecule has 1 fully saturated rings. The van der Waals surface area contributed by atoms with Gasteiger partial charge >= 0.3 is 0 Å². The molecule has 3 aliphatic heterocycles. The summed E-state index contributed by atoms with van der Waals surface area (Å²) < 4.78 is 33.8. The number of nitrogens with two attached hydrogens (primary N) is 1. The van der Waals surface area contributed by atoms with Crippen LogP contribution in [-0.2, 0) is 29.1 Å². The molecule has 206 valence electrons. The van der Waals surface area contributed by atoms with Crippen LogP contribution in [0.25, 0.3) is 0 Å². The molecule has 2 aromatic rings. The van der Waals surface area contributed by atoms with Gasteiger partial charge in [0.2, 0.25) is 10.8 Å². The maximum Gasteiger partial charge on any atom is 0.213 e. The molecule has 0 aliphatic carbocycles. The highest BCUT2D eigenvalue weighted by atomic mass is 32.2. The molecule has 2 atom stereocenters.